The topological polar surface area (TPSA) is 44.8 Å². The van der Waals surface area contributed by atoms with Crippen LogP contribution in [-0.2, 0) is 9.47 Å². The van der Waals surface area contributed by atoms with Crippen molar-refractivity contribution in [1.82, 2.24) is 0 Å². The van der Waals surface area contributed by atoms with Gasteiger partial charge in [-0.1, -0.05) is 25.8 Å². The summed E-state index contributed by atoms with van der Waals surface area (Å²) >= 11 is 0. The zero-order valence-electron chi connectivity index (χ0n) is 18.5. The van der Waals surface area contributed by atoms with Crippen LogP contribution in [0.2, 0.25) is 0 Å². The van der Waals surface area contributed by atoms with Gasteiger partial charge in [0.25, 0.3) is 0 Å². The van der Waals surface area contributed by atoms with Crippen LogP contribution in [0.3, 0.4) is 0 Å². The first-order valence-corrected chi connectivity index (χ1v) is 10.5. The van der Waals surface area contributed by atoms with Crippen LogP contribution in [0.5, 0.6) is 5.75 Å². The fraction of sp³-hybridized carbons (Fsp3) is 0.682. The Morgan fingerprint density at radius 1 is 0.938 bits per heavy atom. The number of alkyl halides is 4. The van der Waals surface area contributed by atoms with E-state index < -0.39 is 41.4 Å². The third-order valence-corrected chi connectivity index (χ3v) is 5.24. The predicted octanol–water partition coefficient (Wildman–Crippen LogP) is 7.55. The lowest BCUT2D eigenvalue weighted by Gasteiger charge is -2.29. The van der Waals surface area contributed by atoms with Crippen LogP contribution >= 0.6 is 0 Å². The van der Waals surface area contributed by atoms with Crippen molar-refractivity contribution in [2.45, 2.75) is 90.0 Å². The van der Waals surface area contributed by atoms with Crippen LogP contribution in [0.1, 0.15) is 77.7 Å². The fourth-order valence-corrected chi connectivity index (χ4v) is 3.74. The quantitative estimate of drug-likeness (QED) is 0.305. The number of hydrogen-bond donors (Lipinski definition) is 0. The molecule has 32 heavy (non-hydrogen) atoms. The van der Waals surface area contributed by atoms with Crippen molar-refractivity contribution in [3.8, 4) is 5.75 Å². The molecule has 1 aromatic rings. The lowest BCUT2D eigenvalue weighted by Crippen LogP contribution is -2.49. The second-order valence-electron chi connectivity index (χ2n) is 8.99. The molecular formula is C22H28F6O4. The van der Waals surface area contributed by atoms with Crippen LogP contribution in [0, 0.1) is 17.6 Å². The average molecular weight is 470 g/mol. The SMILES string of the molecule is CCCC1CCC(c2ccc(OC(F)(F)C(F)(F)OC(=O)OC(C)(C)C)c(F)c2F)CC1. The van der Waals surface area contributed by atoms with E-state index in [4.69, 9.17) is 0 Å². The molecule has 4 nitrogen and oxygen atoms in total. The normalized spacial score (nSPS) is 20.1. The van der Waals surface area contributed by atoms with Crippen molar-refractivity contribution in [1.29, 1.82) is 0 Å². The number of hydrogen-bond acceptors (Lipinski definition) is 4. The molecule has 0 aliphatic heterocycles. The summed E-state index contributed by atoms with van der Waals surface area (Å²) < 4.78 is 96.1. The highest BCUT2D eigenvalue weighted by Crippen LogP contribution is 2.42. The van der Waals surface area contributed by atoms with Gasteiger partial charge in [-0.3, -0.25) is 0 Å². The summed E-state index contributed by atoms with van der Waals surface area (Å²) in [5.74, 6) is -4.45. The van der Waals surface area contributed by atoms with E-state index in [1.165, 1.54) is 20.8 Å². The van der Waals surface area contributed by atoms with Gasteiger partial charge in [0.15, 0.2) is 11.6 Å². The maximum absolute atomic E-state index is 14.6. The lowest BCUT2D eigenvalue weighted by molar-refractivity contribution is -0.393. The van der Waals surface area contributed by atoms with Gasteiger partial charge in [-0.2, -0.15) is 22.0 Å². The molecule has 0 radical (unpaired) electrons. The van der Waals surface area contributed by atoms with Crippen LogP contribution in [0.25, 0.3) is 0 Å². The molecule has 1 aromatic carbocycles. The Morgan fingerprint density at radius 2 is 1.53 bits per heavy atom. The minimum Gasteiger partial charge on any atom is -0.428 e. The van der Waals surface area contributed by atoms with Crippen molar-refractivity contribution in [3.05, 3.63) is 29.3 Å². The van der Waals surface area contributed by atoms with Gasteiger partial charge in [-0.25, -0.2) is 9.18 Å². The summed E-state index contributed by atoms with van der Waals surface area (Å²) in [6.45, 7) is 5.97. The molecule has 0 atom stereocenters. The molecule has 182 valence electrons. The number of carbonyl (C=O) groups excluding carboxylic acids is 1. The molecule has 0 spiro atoms. The van der Waals surface area contributed by atoms with Gasteiger partial charge >= 0.3 is 18.4 Å². The molecule has 0 amide bonds. The van der Waals surface area contributed by atoms with Crippen LogP contribution in [0.15, 0.2) is 12.1 Å². The van der Waals surface area contributed by atoms with Crippen molar-refractivity contribution in [2.24, 2.45) is 5.92 Å². The van der Waals surface area contributed by atoms with Gasteiger partial charge in [0, 0.05) is 0 Å². The maximum atomic E-state index is 14.6. The number of carbonyl (C=O) groups is 1. The molecule has 2 rings (SSSR count). The summed E-state index contributed by atoms with van der Waals surface area (Å²) in [6.07, 6.45) is -8.10. The minimum absolute atomic E-state index is 0.00937. The third kappa shape index (κ3) is 6.45. The van der Waals surface area contributed by atoms with E-state index in [0.29, 0.717) is 24.8 Å². The monoisotopic (exact) mass is 470 g/mol. The highest BCUT2D eigenvalue weighted by molar-refractivity contribution is 5.61. The minimum atomic E-state index is -5.51. The summed E-state index contributed by atoms with van der Waals surface area (Å²) in [7, 11) is 0. The molecule has 1 aliphatic carbocycles. The summed E-state index contributed by atoms with van der Waals surface area (Å²) in [4.78, 5) is 11.3. The Balaban J connectivity index is 2.13. The van der Waals surface area contributed by atoms with Gasteiger partial charge in [-0.05, 0) is 69.9 Å². The molecule has 0 saturated heterocycles. The fourth-order valence-electron chi connectivity index (χ4n) is 3.74. The van der Waals surface area contributed by atoms with Crippen LogP contribution in [-0.4, -0.2) is 24.0 Å². The number of ether oxygens (including phenoxy) is 3. The van der Waals surface area contributed by atoms with E-state index in [1.807, 2.05) is 0 Å². The summed E-state index contributed by atoms with van der Waals surface area (Å²) in [5, 5.41) is 0. The van der Waals surface area contributed by atoms with E-state index in [1.54, 1.807) is 0 Å². The highest BCUT2D eigenvalue weighted by Gasteiger charge is 2.65. The summed E-state index contributed by atoms with van der Waals surface area (Å²) in [5.41, 5.74) is -1.30. The molecule has 0 N–H and O–H groups in total. The second kappa shape index (κ2) is 9.79. The molecule has 0 bridgehead atoms. The molecular weight excluding hydrogens is 442 g/mol. The molecule has 1 saturated carbocycles. The smallest absolute Gasteiger partial charge is 0.428 e. The van der Waals surface area contributed by atoms with E-state index in [2.05, 4.69) is 21.1 Å². The molecule has 10 heteroatoms. The van der Waals surface area contributed by atoms with E-state index in [-0.39, 0.29) is 11.5 Å². The van der Waals surface area contributed by atoms with E-state index in [0.717, 1.165) is 31.7 Å². The van der Waals surface area contributed by atoms with Gasteiger partial charge in [0.05, 0.1) is 0 Å². The largest absolute Gasteiger partial charge is 0.513 e. The van der Waals surface area contributed by atoms with Crippen LogP contribution in [0.4, 0.5) is 31.1 Å². The zero-order valence-corrected chi connectivity index (χ0v) is 18.5. The molecule has 0 heterocycles. The highest BCUT2D eigenvalue weighted by atomic mass is 19.3. The molecule has 1 fully saturated rings. The first-order valence-electron chi connectivity index (χ1n) is 10.5. The Labute approximate surface area is 183 Å². The van der Waals surface area contributed by atoms with Crippen molar-refractivity contribution >= 4 is 6.16 Å². The second-order valence-corrected chi connectivity index (χ2v) is 8.99. The number of halogens is 6. The summed E-state index contributed by atoms with van der Waals surface area (Å²) in [6, 6.07) is 1.73. The zero-order chi connectivity index (χ0) is 24.3. The number of benzene rings is 1. The Morgan fingerprint density at radius 3 is 2.06 bits per heavy atom. The van der Waals surface area contributed by atoms with Gasteiger partial charge in [0.2, 0.25) is 5.82 Å². The van der Waals surface area contributed by atoms with Crippen LogP contribution < -0.4 is 4.74 Å². The van der Waals surface area contributed by atoms with Gasteiger partial charge < -0.3 is 14.2 Å². The molecule has 1 aliphatic rings. The first kappa shape index (κ1) is 26.1. The Kier molecular flexibility index (Phi) is 7.99. The van der Waals surface area contributed by atoms with Gasteiger partial charge in [0.1, 0.15) is 5.60 Å². The van der Waals surface area contributed by atoms with Gasteiger partial charge in [-0.15, -0.1) is 0 Å². The Hall–Kier alpha value is -2.13. The average Bonchev–Trinajstić information content (AvgIpc) is 2.64. The lowest BCUT2D eigenvalue weighted by atomic mass is 9.77. The molecule has 0 unspecified atom stereocenters. The van der Waals surface area contributed by atoms with Crippen molar-refractivity contribution in [3.63, 3.8) is 0 Å². The maximum Gasteiger partial charge on any atom is 0.513 e. The van der Waals surface area contributed by atoms with E-state index >= 15 is 0 Å². The van der Waals surface area contributed by atoms with Crippen molar-refractivity contribution in [2.75, 3.05) is 0 Å². The van der Waals surface area contributed by atoms with Crippen molar-refractivity contribution < 1.29 is 45.3 Å². The predicted molar refractivity (Wildman–Crippen MR) is 104 cm³/mol. The Bertz CT molecular complexity index is 798. The third-order valence-electron chi connectivity index (χ3n) is 5.24. The number of rotatable bonds is 7. The first-order chi connectivity index (χ1) is 14.7. The standard InChI is InChI=1S/C22H28F6O4/c1-5-6-13-7-9-14(10-8-13)15-11-12-16(18(24)17(15)23)30-21(25,26)22(27,28)32-19(29)31-20(2,3)4/h11-14H,5-10H2,1-4H3. The molecule has 0 aromatic heterocycles. The van der Waals surface area contributed by atoms with E-state index in [9.17, 15) is 31.1 Å².